The van der Waals surface area contributed by atoms with Crippen molar-refractivity contribution in [3.05, 3.63) is 26.7 Å². The van der Waals surface area contributed by atoms with Crippen molar-refractivity contribution in [1.82, 2.24) is 5.32 Å². The van der Waals surface area contributed by atoms with Crippen molar-refractivity contribution in [3.63, 3.8) is 0 Å². The standard InChI is InChI=1S/C11H11BrCl2N2O3/c1-2-8(10(17)18)15-11(19)16-9-6(13)3-5(12)4-7(9)14/h3-4,8H,2H2,1H3,(H,17,18)(H2,15,16,19)/t8-/m1/s1. The molecule has 0 aliphatic rings. The number of carbonyl (C=O) groups is 2. The first-order chi connectivity index (χ1) is 8.85. The smallest absolute Gasteiger partial charge is 0.326 e. The van der Waals surface area contributed by atoms with E-state index in [4.69, 9.17) is 28.3 Å². The first-order valence-electron chi connectivity index (χ1n) is 5.30. The molecule has 1 aromatic rings. The van der Waals surface area contributed by atoms with Crippen LogP contribution in [-0.4, -0.2) is 23.1 Å². The maximum Gasteiger partial charge on any atom is 0.326 e. The number of aliphatic carboxylic acids is 1. The van der Waals surface area contributed by atoms with Crippen LogP contribution in [0.1, 0.15) is 13.3 Å². The Hall–Kier alpha value is -0.980. The highest BCUT2D eigenvalue weighted by atomic mass is 79.9. The number of carbonyl (C=O) groups excluding carboxylic acids is 1. The second-order valence-corrected chi connectivity index (χ2v) is 5.37. The molecule has 3 N–H and O–H groups in total. The van der Waals surface area contributed by atoms with Crippen molar-refractivity contribution in [1.29, 1.82) is 0 Å². The number of amides is 2. The Morgan fingerprint density at radius 3 is 2.32 bits per heavy atom. The summed E-state index contributed by atoms with van der Waals surface area (Å²) >= 11 is 15.1. The molecule has 0 saturated heterocycles. The molecule has 8 heteroatoms. The van der Waals surface area contributed by atoms with Gasteiger partial charge in [0.1, 0.15) is 6.04 Å². The van der Waals surface area contributed by atoms with Crippen LogP contribution < -0.4 is 10.6 Å². The first-order valence-corrected chi connectivity index (χ1v) is 6.85. The second-order valence-electron chi connectivity index (χ2n) is 3.64. The van der Waals surface area contributed by atoms with Crippen LogP contribution in [0.15, 0.2) is 16.6 Å². The molecular formula is C11H11BrCl2N2O3. The molecule has 0 aliphatic heterocycles. The van der Waals surface area contributed by atoms with E-state index in [2.05, 4.69) is 26.6 Å². The van der Waals surface area contributed by atoms with Gasteiger partial charge in [0.2, 0.25) is 0 Å². The van der Waals surface area contributed by atoms with E-state index in [0.717, 1.165) is 0 Å². The minimum absolute atomic E-state index is 0.226. The molecule has 0 radical (unpaired) electrons. The summed E-state index contributed by atoms with van der Waals surface area (Å²) in [7, 11) is 0. The fourth-order valence-electron chi connectivity index (χ4n) is 1.31. The molecule has 0 heterocycles. The predicted octanol–water partition coefficient (Wildman–Crippen LogP) is 3.74. The number of carboxylic acids is 1. The Morgan fingerprint density at radius 1 is 1.37 bits per heavy atom. The van der Waals surface area contributed by atoms with Crippen LogP contribution in [0.5, 0.6) is 0 Å². The molecule has 0 unspecified atom stereocenters. The van der Waals surface area contributed by atoms with Crippen LogP contribution >= 0.6 is 39.1 Å². The van der Waals surface area contributed by atoms with E-state index < -0.39 is 18.0 Å². The second kappa shape index (κ2) is 6.98. The van der Waals surface area contributed by atoms with E-state index in [-0.39, 0.29) is 22.2 Å². The maximum atomic E-state index is 11.7. The predicted molar refractivity (Wildman–Crippen MR) is 78.0 cm³/mol. The largest absolute Gasteiger partial charge is 0.480 e. The zero-order valence-electron chi connectivity index (χ0n) is 9.84. The van der Waals surface area contributed by atoms with Crippen LogP contribution in [0.4, 0.5) is 10.5 Å². The zero-order valence-corrected chi connectivity index (χ0v) is 12.9. The molecule has 1 rings (SSSR count). The van der Waals surface area contributed by atoms with Gasteiger partial charge in [-0.2, -0.15) is 0 Å². The average molecular weight is 370 g/mol. The first kappa shape index (κ1) is 16.1. The highest BCUT2D eigenvalue weighted by Crippen LogP contribution is 2.33. The number of hydrogen-bond donors (Lipinski definition) is 3. The summed E-state index contributed by atoms with van der Waals surface area (Å²) in [5.41, 5.74) is 0.226. The molecular weight excluding hydrogens is 359 g/mol. The lowest BCUT2D eigenvalue weighted by atomic mass is 10.2. The van der Waals surface area contributed by atoms with Gasteiger partial charge in [-0.05, 0) is 18.6 Å². The van der Waals surface area contributed by atoms with Crippen LogP contribution in [0.25, 0.3) is 0 Å². The molecule has 19 heavy (non-hydrogen) atoms. The summed E-state index contributed by atoms with van der Waals surface area (Å²) in [6, 6.07) is 1.49. The van der Waals surface area contributed by atoms with Gasteiger partial charge in [-0.25, -0.2) is 9.59 Å². The fraction of sp³-hybridized carbons (Fsp3) is 0.273. The van der Waals surface area contributed by atoms with E-state index in [0.29, 0.717) is 4.47 Å². The Labute approximate surface area is 128 Å². The van der Waals surface area contributed by atoms with Gasteiger partial charge in [0.15, 0.2) is 0 Å². The number of nitrogens with one attached hydrogen (secondary N) is 2. The molecule has 5 nitrogen and oxygen atoms in total. The van der Waals surface area contributed by atoms with Gasteiger partial charge in [0.25, 0.3) is 0 Å². The monoisotopic (exact) mass is 368 g/mol. The summed E-state index contributed by atoms with van der Waals surface area (Å²) in [5, 5.41) is 14.1. The van der Waals surface area contributed by atoms with Gasteiger partial charge in [-0.15, -0.1) is 0 Å². The van der Waals surface area contributed by atoms with Gasteiger partial charge in [0, 0.05) is 4.47 Å². The van der Waals surface area contributed by atoms with Crippen LogP contribution in [-0.2, 0) is 4.79 Å². The van der Waals surface area contributed by atoms with Crippen molar-refractivity contribution in [3.8, 4) is 0 Å². The van der Waals surface area contributed by atoms with Gasteiger partial charge >= 0.3 is 12.0 Å². The van der Waals surface area contributed by atoms with Crippen molar-refractivity contribution in [2.45, 2.75) is 19.4 Å². The fourth-order valence-corrected chi connectivity index (χ4v) is 2.61. The topological polar surface area (TPSA) is 78.4 Å². The summed E-state index contributed by atoms with van der Waals surface area (Å²) in [6.45, 7) is 1.65. The normalized spacial score (nSPS) is 11.8. The summed E-state index contributed by atoms with van der Waals surface area (Å²) in [4.78, 5) is 22.5. The van der Waals surface area contributed by atoms with E-state index in [1.807, 2.05) is 0 Å². The number of benzene rings is 1. The number of carboxylic acid groups (broad SMARTS) is 1. The molecule has 0 spiro atoms. The van der Waals surface area contributed by atoms with E-state index in [1.54, 1.807) is 19.1 Å². The van der Waals surface area contributed by atoms with Gasteiger partial charge in [-0.1, -0.05) is 46.1 Å². The molecule has 0 aliphatic carbocycles. The molecule has 2 amide bonds. The Kier molecular flexibility index (Phi) is 5.90. The summed E-state index contributed by atoms with van der Waals surface area (Å²) in [6.07, 6.45) is 0.268. The molecule has 0 fully saturated rings. The van der Waals surface area contributed by atoms with E-state index in [1.165, 1.54) is 0 Å². The quantitative estimate of drug-likeness (QED) is 0.756. The Balaban J connectivity index is 2.80. The number of halogens is 3. The SMILES string of the molecule is CC[C@@H](NC(=O)Nc1c(Cl)cc(Br)cc1Cl)C(=O)O. The molecule has 104 valence electrons. The third kappa shape index (κ3) is 4.56. The van der Waals surface area contributed by atoms with Crippen molar-refractivity contribution < 1.29 is 14.7 Å². The third-order valence-electron chi connectivity index (χ3n) is 2.26. The minimum atomic E-state index is -1.11. The Bertz CT molecular complexity index is 488. The average Bonchev–Trinajstić information content (AvgIpc) is 2.30. The van der Waals surface area contributed by atoms with Crippen molar-refractivity contribution in [2.24, 2.45) is 0 Å². The lowest BCUT2D eigenvalue weighted by molar-refractivity contribution is -0.139. The van der Waals surface area contributed by atoms with E-state index in [9.17, 15) is 9.59 Å². The highest BCUT2D eigenvalue weighted by Gasteiger charge is 2.18. The lowest BCUT2D eigenvalue weighted by Gasteiger charge is -2.14. The molecule has 0 saturated carbocycles. The number of anilines is 1. The van der Waals surface area contributed by atoms with Gasteiger partial charge in [0.05, 0.1) is 15.7 Å². The molecule has 1 aromatic carbocycles. The maximum absolute atomic E-state index is 11.7. The van der Waals surface area contributed by atoms with E-state index >= 15 is 0 Å². The number of urea groups is 1. The third-order valence-corrected chi connectivity index (χ3v) is 3.31. The molecule has 1 atom stereocenters. The number of rotatable bonds is 4. The van der Waals surface area contributed by atoms with Gasteiger partial charge in [-0.3, -0.25) is 0 Å². The molecule has 0 aromatic heterocycles. The lowest BCUT2D eigenvalue weighted by Crippen LogP contribution is -2.42. The van der Waals surface area contributed by atoms with Crippen LogP contribution in [0.3, 0.4) is 0 Å². The van der Waals surface area contributed by atoms with Gasteiger partial charge < -0.3 is 15.7 Å². The van der Waals surface area contributed by atoms with Crippen molar-refractivity contribution in [2.75, 3.05) is 5.32 Å². The Morgan fingerprint density at radius 2 is 1.89 bits per heavy atom. The number of hydrogen-bond acceptors (Lipinski definition) is 2. The summed E-state index contributed by atoms with van der Waals surface area (Å²) in [5.74, 6) is -1.11. The molecule has 0 bridgehead atoms. The minimum Gasteiger partial charge on any atom is -0.480 e. The zero-order chi connectivity index (χ0) is 14.6. The van der Waals surface area contributed by atoms with Crippen molar-refractivity contribution >= 4 is 56.8 Å². The van der Waals surface area contributed by atoms with Crippen LogP contribution in [0, 0.1) is 0 Å². The summed E-state index contributed by atoms with van der Waals surface area (Å²) < 4.78 is 0.672. The van der Waals surface area contributed by atoms with Crippen LogP contribution in [0.2, 0.25) is 10.0 Å². The highest BCUT2D eigenvalue weighted by molar-refractivity contribution is 9.10.